The summed E-state index contributed by atoms with van der Waals surface area (Å²) in [5.74, 6) is 2.21. The van der Waals surface area contributed by atoms with Crippen LogP contribution < -0.4 is 5.32 Å². The van der Waals surface area contributed by atoms with Crippen LogP contribution in [0.5, 0.6) is 0 Å². The summed E-state index contributed by atoms with van der Waals surface area (Å²) >= 11 is 5.92. The lowest BCUT2D eigenvalue weighted by molar-refractivity contribution is 0.811. The predicted molar refractivity (Wildman–Crippen MR) is 89.3 cm³/mol. The molecule has 1 aromatic carbocycles. The van der Waals surface area contributed by atoms with E-state index in [2.05, 4.69) is 38.0 Å². The number of nitrogens with zero attached hydrogens (tertiary/aromatic N) is 2. The Morgan fingerprint density at radius 2 is 1.81 bits per heavy atom. The van der Waals surface area contributed by atoms with Gasteiger partial charge < -0.3 is 5.32 Å². The molecule has 0 fully saturated rings. The molecular formula is C17H22ClN3. The summed E-state index contributed by atoms with van der Waals surface area (Å²) in [5.41, 5.74) is 3.43. The van der Waals surface area contributed by atoms with Crippen molar-refractivity contribution in [1.29, 1.82) is 0 Å². The van der Waals surface area contributed by atoms with Crippen molar-refractivity contribution >= 4 is 17.4 Å². The summed E-state index contributed by atoms with van der Waals surface area (Å²) in [5, 5.41) is 4.11. The Morgan fingerprint density at radius 1 is 1.14 bits per heavy atom. The number of halogens is 1. The molecule has 0 atom stereocenters. The van der Waals surface area contributed by atoms with E-state index in [0.29, 0.717) is 5.92 Å². The van der Waals surface area contributed by atoms with E-state index in [-0.39, 0.29) is 0 Å². The highest BCUT2D eigenvalue weighted by Gasteiger charge is 2.14. The SMILES string of the molecule is CCNc1nc(Cc2ccc(Cl)cc2)nc(C)c1C(C)C. The van der Waals surface area contributed by atoms with Crippen LogP contribution >= 0.6 is 11.6 Å². The molecule has 0 bridgehead atoms. The first-order valence-electron chi connectivity index (χ1n) is 7.37. The van der Waals surface area contributed by atoms with E-state index < -0.39 is 0 Å². The van der Waals surface area contributed by atoms with Crippen LogP contribution in [-0.4, -0.2) is 16.5 Å². The Balaban J connectivity index is 2.34. The molecule has 0 amide bonds. The maximum Gasteiger partial charge on any atom is 0.135 e. The molecular weight excluding hydrogens is 282 g/mol. The Kier molecular flexibility index (Phi) is 5.18. The molecule has 0 aliphatic carbocycles. The molecule has 0 aliphatic heterocycles. The third-order valence-corrected chi connectivity index (χ3v) is 3.63. The van der Waals surface area contributed by atoms with Crippen LogP contribution in [0.15, 0.2) is 24.3 Å². The molecule has 21 heavy (non-hydrogen) atoms. The number of nitrogens with one attached hydrogen (secondary N) is 1. The van der Waals surface area contributed by atoms with Gasteiger partial charge in [-0.25, -0.2) is 9.97 Å². The molecule has 0 aliphatic rings. The van der Waals surface area contributed by atoms with Crippen molar-refractivity contribution in [2.24, 2.45) is 0 Å². The average molecular weight is 304 g/mol. The van der Waals surface area contributed by atoms with Gasteiger partial charge in [0.15, 0.2) is 0 Å². The van der Waals surface area contributed by atoms with E-state index in [1.54, 1.807) is 0 Å². The number of hydrogen-bond donors (Lipinski definition) is 1. The quantitative estimate of drug-likeness (QED) is 0.878. The van der Waals surface area contributed by atoms with Crippen LogP contribution in [0.3, 0.4) is 0 Å². The van der Waals surface area contributed by atoms with Gasteiger partial charge >= 0.3 is 0 Å². The first-order chi connectivity index (χ1) is 10.0. The maximum atomic E-state index is 5.92. The third kappa shape index (κ3) is 3.94. The average Bonchev–Trinajstić information content (AvgIpc) is 2.41. The minimum absolute atomic E-state index is 0.406. The maximum absolute atomic E-state index is 5.92. The topological polar surface area (TPSA) is 37.8 Å². The highest BCUT2D eigenvalue weighted by molar-refractivity contribution is 6.30. The third-order valence-electron chi connectivity index (χ3n) is 3.38. The Bertz CT molecular complexity index is 606. The zero-order valence-electron chi connectivity index (χ0n) is 13.1. The molecule has 0 radical (unpaired) electrons. The lowest BCUT2D eigenvalue weighted by Crippen LogP contribution is -2.11. The second kappa shape index (κ2) is 6.90. The van der Waals surface area contributed by atoms with Crippen molar-refractivity contribution in [2.75, 3.05) is 11.9 Å². The van der Waals surface area contributed by atoms with Crippen LogP contribution in [0, 0.1) is 6.92 Å². The van der Waals surface area contributed by atoms with E-state index in [1.165, 1.54) is 11.1 Å². The van der Waals surface area contributed by atoms with Crippen LogP contribution in [-0.2, 0) is 6.42 Å². The molecule has 3 nitrogen and oxygen atoms in total. The Morgan fingerprint density at radius 3 is 2.38 bits per heavy atom. The monoisotopic (exact) mass is 303 g/mol. The van der Waals surface area contributed by atoms with Crippen LogP contribution in [0.1, 0.15) is 49.3 Å². The highest BCUT2D eigenvalue weighted by Crippen LogP contribution is 2.25. The number of benzene rings is 1. The van der Waals surface area contributed by atoms with Crippen molar-refractivity contribution in [3.05, 3.63) is 51.9 Å². The molecule has 0 unspecified atom stereocenters. The van der Waals surface area contributed by atoms with Crippen molar-refractivity contribution < 1.29 is 0 Å². The zero-order valence-corrected chi connectivity index (χ0v) is 13.8. The molecule has 0 saturated heterocycles. The van der Waals surface area contributed by atoms with Crippen LogP contribution in [0.25, 0.3) is 0 Å². The summed E-state index contributed by atoms with van der Waals surface area (Å²) < 4.78 is 0. The highest BCUT2D eigenvalue weighted by atomic mass is 35.5. The van der Waals surface area contributed by atoms with Crippen molar-refractivity contribution in [1.82, 2.24) is 9.97 Å². The van der Waals surface area contributed by atoms with Gasteiger partial charge in [-0.15, -0.1) is 0 Å². The summed E-state index contributed by atoms with van der Waals surface area (Å²) in [4.78, 5) is 9.38. The normalized spacial score (nSPS) is 11.0. The van der Waals surface area contributed by atoms with Gasteiger partial charge in [0.2, 0.25) is 0 Å². The van der Waals surface area contributed by atoms with E-state index in [0.717, 1.165) is 35.3 Å². The molecule has 112 valence electrons. The fourth-order valence-electron chi connectivity index (χ4n) is 2.50. The number of hydrogen-bond acceptors (Lipinski definition) is 3. The van der Waals surface area contributed by atoms with Gasteiger partial charge in [-0.1, -0.05) is 37.6 Å². The fraction of sp³-hybridized carbons (Fsp3) is 0.412. The van der Waals surface area contributed by atoms with Crippen molar-refractivity contribution in [3.8, 4) is 0 Å². The standard InChI is InChI=1S/C17H22ClN3/c1-5-19-17-16(11(2)3)12(4)20-15(21-17)10-13-6-8-14(18)9-7-13/h6-9,11H,5,10H2,1-4H3,(H,19,20,21). The second-order valence-corrected chi connectivity index (χ2v) is 5.91. The minimum atomic E-state index is 0.406. The van der Waals surface area contributed by atoms with Gasteiger partial charge in [0, 0.05) is 29.2 Å². The van der Waals surface area contributed by atoms with E-state index in [9.17, 15) is 0 Å². The van der Waals surface area contributed by atoms with Crippen LogP contribution in [0.2, 0.25) is 5.02 Å². The van der Waals surface area contributed by atoms with Gasteiger partial charge in [0.05, 0.1) is 0 Å². The summed E-state index contributed by atoms with van der Waals surface area (Å²) in [6.07, 6.45) is 0.717. The number of aryl methyl sites for hydroxylation is 1. The van der Waals surface area contributed by atoms with Gasteiger partial charge in [-0.05, 0) is 37.5 Å². The molecule has 1 N–H and O–H groups in total. The molecule has 1 heterocycles. The fourth-order valence-corrected chi connectivity index (χ4v) is 2.62. The predicted octanol–water partition coefficient (Wildman–Crippen LogP) is 4.58. The van der Waals surface area contributed by atoms with E-state index in [4.69, 9.17) is 16.6 Å². The van der Waals surface area contributed by atoms with E-state index in [1.807, 2.05) is 24.3 Å². The summed E-state index contributed by atoms with van der Waals surface area (Å²) in [7, 11) is 0. The lowest BCUT2D eigenvalue weighted by Gasteiger charge is -2.16. The first-order valence-corrected chi connectivity index (χ1v) is 7.74. The van der Waals surface area contributed by atoms with Gasteiger partial charge in [-0.2, -0.15) is 0 Å². The molecule has 1 aromatic heterocycles. The Hall–Kier alpha value is -1.61. The minimum Gasteiger partial charge on any atom is -0.370 e. The second-order valence-electron chi connectivity index (χ2n) is 5.48. The molecule has 0 spiro atoms. The molecule has 4 heteroatoms. The van der Waals surface area contributed by atoms with Crippen molar-refractivity contribution in [3.63, 3.8) is 0 Å². The van der Waals surface area contributed by atoms with Gasteiger partial charge in [0.1, 0.15) is 11.6 Å². The summed E-state index contributed by atoms with van der Waals surface area (Å²) in [6, 6.07) is 7.84. The molecule has 2 aromatic rings. The number of rotatable bonds is 5. The van der Waals surface area contributed by atoms with E-state index >= 15 is 0 Å². The first kappa shape index (κ1) is 15.8. The molecule has 2 rings (SSSR count). The van der Waals surface area contributed by atoms with Gasteiger partial charge in [0.25, 0.3) is 0 Å². The zero-order chi connectivity index (χ0) is 15.4. The number of anilines is 1. The van der Waals surface area contributed by atoms with Crippen LogP contribution in [0.4, 0.5) is 5.82 Å². The summed E-state index contributed by atoms with van der Waals surface area (Å²) in [6.45, 7) is 9.34. The molecule has 0 saturated carbocycles. The largest absolute Gasteiger partial charge is 0.370 e. The van der Waals surface area contributed by atoms with Crippen molar-refractivity contribution in [2.45, 2.75) is 40.0 Å². The lowest BCUT2D eigenvalue weighted by atomic mass is 10.0. The van der Waals surface area contributed by atoms with Gasteiger partial charge in [-0.3, -0.25) is 0 Å². The smallest absolute Gasteiger partial charge is 0.135 e. The number of aromatic nitrogens is 2. The Labute approximate surface area is 131 Å².